The van der Waals surface area contributed by atoms with E-state index in [4.69, 9.17) is 4.74 Å². The monoisotopic (exact) mass is 360 g/mol. The van der Waals surface area contributed by atoms with Gasteiger partial charge in [0.05, 0.1) is 12.1 Å². The number of benzene rings is 2. The zero-order valence-corrected chi connectivity index (χ0v) is 12.7. The summed E-state index contributed by atoms with van der Waals surface area (Å²) in [6.45, 7) is -0.153. The van der Waals surface area contributed by atoms with Gasteiger partial charge >= 0.3 is 12.2 Å². The van der Waals surface area contributed by atoms with E-state index in [-0.39, 0.29) is 24.6 Å². The van der Waals surface area contributed by atoms with E-state index in [0.29, 0.717) is 6.07 Å². The van der Waals surface area contributed by atoms with Gasteiger partial charge in [0.1, 0.15) is 12.4 Å². The first-order chi connectivity index (χ1) is 11.8. The highest BCUT2D eigenvalue weighted by Gasteiger charge is 2.30. The normalized spacial score (nSPS) is 11.1. The number of alkyl halides is 3. The second kappa shape index (κ2) is 7.82. The van der Waals surface area contributed by atoms with E-state index in [1.165, 1.54) is 12.1 Å². The van der Waals surface area contributed by atoms with Gasteiger partial charge in [-0.25, -0.2) is 13.6 Å². The number of halogens is 5. The number of ether oxygens (including phenoxy) is 1. The maximum atomic E-state index is 13.3. The summed E-state index contributed by atoms with van der Waals surface area (Å²) >= 11 is 0. The maximum Gasteiger partial charge on any atom is 0.416 e. The Balaban J connectivity index is 1.79. The molecule has 0 aliphatic rings. The zero-order valence-electron chi connectivity index (χ0n) is 12.7. The number of nitrogens with one attached hydrogen (secondary N) is 2. The molecule has 0 bridgehead atoms. The summed E-state index contributed by atoms with van der Waals surface area (Å²) in [5.41, 5.74) is -0.918. The number of urea groups is 1. The molecule has 9 heteroatoms. The molecule has 134 valence electrons. The van der Waals surface area contributed by atoms with Crippen molar-refractivity contribution in [1.29, 1.82) is 0 Å². The van der Waals surface area contributed by atoms with Crippen LogP contribution in [-0.4, -0.2) is 19.2 Å². The largest absolute Gasteiger partial charge is 0.489 e. The Hall–Kier alpha value is -2.84. The molecule has 25 heavy (non-hydrogen) atoms. The van der Waals surface area contributed by atoms with Crippen molar-refractivity contribution in [3.05, 3.63) is 59.7 Å². The standard InChI is InChI=1S/C16H13F5N2O2/c17-11-4-5-14(13(18)9-11)25-7-6-22-15(24)23-12-3-1-2-10(8-12)16(19,20)21/h1-5,8-9H,6-7H2,(H2,22,23,24). The Bertz CT molecular complexity index is 750. The van der Waals surface area contributed by atoms with Crippen molar-refractivity contribution in [2.75, 3.05) is 18.5 Å². The summed E-state index contributed by atoms with van der Waals surface area (Å²) in [6.07, 6.45) is -4.51. The van der Waals surface area contributed by atoms with Crippen LogP contribution < -0.4 is 15.4 Å². The Kier molecular flexibility index (Phi) is 5.79. The van der Waals surface area contributed by atoms with Crippen molar-refractivity contribution in [2.24, 2.45) is 0 Å². The number of hydrogen-bond acceptors (Lipinski definition) is 2. The van der Waals surface area contributed by atoms with Crippen molar-refractivity contribution in [3.8, 4) is 5.75 Å². The highest BCUT2D eigenvalue weighted by Crippen LogP contribution is 2.30. The molecular weight excluding hydrogens is 347 g/mol. The summed E-state index contributed by atoms with van der Waals surface area (Å²) in [5.74, 6) is -1.81. The maximum absolute atomic E-state index is 13.3. The summed E-state index contributed by atoms with van der Waals surface area (Å²) in [5, 5.41) is 4.58. The van der Waals surface area contributed by atoms with Crippen LogP contribution in [0.15, 0.2) is 42.5 Å². The van der Waals surface area contributed by atoms with Gasteiger partial charge in [0.15, 0.2) is 11.6 Å². The number of rotatable bonds is 5. The minimum Gasteiger partial charge on any atom is -0.489 e. The molecule has 0 saturated carbocycles. The van der Waals surface area contributed by atoms with E-state index in [1.54, 1.807) is 0 Å². The number of hydrogen-bond donors (Lipinski definition) is 2. The summed E-state index contributed by atoms with van der Waals surface area (Å²) in [4.78, 5) is 11.6. The molecule has 4 nitrogen and oxygen atoms in total. The SMILES string of the molecule is O=C(NCCOc1ccc(F)cc1F)Nc1cccc(C(F)(F)F)c1. The van der Waals surface area contributed by atoms with Gasteiger partial charge in [-0.3, -0.25) is 0 Å². The number of carbonyl (C=O) groups excluding carboxylic acids is 1. The third-order valence-corrected chi connectivity index (χ3v) is 2.99. The van der Waals surface area contributed by atoms with Crippen LogP contribution in [0.2, 0.25) is 0 Å². The minimum atomic E-state index is -4.51. The van der Waals surface area contributed by atoms with Crippen molar-refractivity contribution in [2.45, 2.75) is 6.18 Å². The highest BCUT2D eigenvalue weighted by molar-refractivity contribution is 5.89. The topological polar surface area (TPSA) is 50.4 Å². The third-order valence-electron chi connectivity index (χ3n) is 2.99. The third kappa shape index (κ3) is 5.63. The molecule has 0 saturated heterocycles. The van der Waals surface area contributed by atoms with Crippen LogP contribution in [0.5, 0.6) is 5.75 Å². The van der Waals surface area contributed by atoms with Crippen molar-refractivity contribution in [3.63, 3.8) is 0 Å². The van der Waals surface area contributed by atoms with Crippen molar-refractivity contribution in [1.82, 2.24) is 5.32 Å². The molecule has 2 rings (SSSR count). The average molecular weight is 360 g/mol. The fourth-order valence-corrected chi connectivity index (χ4v) is 1.87. The molecule has 0 heterocycles. The molecule has 2 N–H and O–H groups in total. The second-order valence-corrected chi connectivity index (χ2v) is 4.88. The summed E-state index contributed by atoms with van der Waals surface area (Å²) in [6, 6.07) is 6.18. The van der Waals surface area contributed by atoms with E-state index in [2.05, 4.69) is 10.6 Å². The van der Waals surface area contributed by atoms with Crippen molar-refractivity contribution >= 4 is 11.7 Å². The van der Waals surface area contributed by atoms with E-state index in [0.717, 1.165) is 24.3 Å². The van der Waals surface area contributed by atoms with Crippen LogP contribution in [0, 0.1) is 11.6 Å². The first-order valence-electron chi connectivity index (χ1n) is 7.05. The molecule has 2 aromatic rings. The van der Waals surface area contributed by atoms with Gasteiger partial charge < -0.3 is 15.4 Å². The number of amides is 2. The first-order valence-corrected chi connectivity index (χ1v) is 7.05. The Labute approximate surface area is 139 Å². The van der Waals surface area contributed by atoms with E-state index in [9.17, 15) is 26.7 Å². The average Bonchev–Trinajstić information content (AvgIpc) is 2.52. The second-order valence-electron chi connectivity index (χ2n) is 4.88. The lowest BCUT2D eigenvalue weighted by molar-refractivity contribution is -0.137. The van der Waals surface area contributed by atoms with Gasteiger partial charge in [-0.05, 0) is 30.3 Å². The Morgan fingerprint density at radius 3 is 2.52 bits per heavy atom. The molecule has 0 spiro atoms. The van der Waals surface area contributed by atoms with Crippen LogP contribution >= 0.6 is 0 Å². The molecule has 0 aliphatic carbocycles. The lowest BCUT2D eigenvalue weighted by Crippen LogP contribution is -2.32. The smallest absolute Gasteiger partial charge is 0.416 e. The predicted octanol–water partition coefficient (Wildman–Crippen LogP) is 4.18. The number of carbonyl (C=O) groups is 1. The zero-order chi connectivity index (χ0) is 18.4. The molecular formula is C16H13F5N2O2. The van der Waals surface area contributed by atoms with Gasteiger partial charge in [0.25, 0.3) is 0 Å². The molecule has 0 unspecified atom stereocenters. The first kappa shape index (κ1) is 18.5. The minimum absolute atomic E-state index is 0.0298. The van der Waals surface area contributed by atoms with Crippen molar-refractivity contribution < 1.29 is 31.5 Å². The molecule has 0 radical (unpaired) electrons. The van der Waals surface area contributed by atoms with Gasteiger partial charge in [0, 0.05) is 11.8 Å². The molecule has 0 atom stereocenters. The van der Waals surface area contributed by atoms with E-state index >= 15 is 0 Å². The lowest BCUT2D eigenvalue weighted by Gasteiger charge is -2.11. The molecule has 2 amide bonds. The lowest BCUT2D eigenvalue weighted by atomic mass is 10.2. The predicted molar refractivity (Wildman–Crippen MR) is 80.3 cm³/mol. The quantitative estimate of drug-likeness (QED) is 0.621. The fourth-order valence-electron chi connectivity index (χ4n) is 1.87. The van der Waals surface area contributed by atoms with Gasteiger partial charge in [0.2, 0.25) is 0 Å². The molecule has 0 aliphatic heterocycles. The Morgan fingerprint density at radius 1 is 1.08 bits per heavy atom. The van der Waals surface area contributed by atoms with E-state index < -0.39 is 29.4 Å². The van der Waals surface area contributed by atoms with Gasteiger partial charge in [-0.1, -0.05) is 6.07 Å². The van der Waals surface area contributed by atoms with Gasteiger partial charge in [-0.15, -0.1) is 0 Å². The molecule has 2 aromatic carbocycles. The van der Waals surface area contributed by atoms with Crippen LogP contribution in [0.25, 0.3) is 0 Å². The summed E-state index contributed by atoms with van der Waals surface area (Å²) in [7, 11) is 0. The highest BCUT2D eigenvalue weighted by atomic mass is 19.4. The van der Waals surface area contributed by atoms with Crippen LogP contribution in [0.4, 0.5) is 32.4 Å². The Morgan fingerprint density at radius 2 is 1.84 bits per heavy atom. The number of anilines is 1. The van der Waals surface area contributed by atoms with Crippen LogP contribution in [-0.2, 0) is 6.18 Å². The van der Waals surface area contributed by atoms with Crippen LogP contribution in [0.1, 0.15) is 5.56 Å². The van der Waals surface area contributed by atoms with E-state index in [1.807, 2.05) is 0 Å². The molecule has 0 aromatic heterocycles. The van der Waals surface area contributed by atoms with Crippen LogP contribution in [0.3, 0.4) is 0 Å². The fraction of sp³-hybridized carbons (Fsp3) is 0.188. The van der Waals surface area contributed by atoms with Gasteiger partial charge in [-0.2, -0.15) is 13.2 Å². The molecule has 0 fully saturated rings. The summed E-state index contributed by atoms with van der Waals surface area (Å²) < 4.78 is 68.8.